The lowest BCUT2D eigenvalue weighted by Gasteiger charge is -2.13. The number of anilines is 1. The van der Waals surface area contributed by atoms with Crippen LogP contribution in [0.4, 0.5) is 5.69 Å². The lowest BCUT2D eigenvalue weighted by Crippen LogP contribution is -2.27. The normalized spacial score (nSPS) is 11.4. The number of halogens is 1. The Bertz CT molecular complexity index is 440. The molecule has 0 spiro atoms. The van der Waals surface area contributed by atoms with Gasteiger partial charge in [-0.25, -0.2) is 4.79 Å². The summed E-state index contributed by atoms with van der Waals surface area (Å²) in [6.45, 7) is 1.69. The van der Waals surface area contributed by atoms with E-state index in [1.807, 2.05) is 6.07 Å². The van der Waals surface area contributed by atoms with E-state index in [1.54, 1.807) is 25.1 Å². The molecule has 0 amide bonds. The van der Waals surface area contributed by atoms with Crippen LogP contribution in [-0.2, 0) is 9.53 Å². The Morgan fingerprint density at radius 2 is 2.25 bits per heavy atom. The maximum atomic E-state index is 11.2. The number of carbonyl (C=O) groups is 1. The summed E-state index contributed by atoms with van der Waals surface area (Å²) in [5, 5.41) is 11.7. The average Bonchev–Trinajstić information content (AvgIpc) is 2.26. The maximum Gasteiger partial charge on any atom is 0.327 e. The van der Waals surface area contributed by atoms with Gasteiger partial charge in [0.05, 0.1) is 18.7 Å². The summed E-state index contributed by atoms with van der Waals surface area (Å²) in [4.78, 5) is 11.2. The highest BCUT2D eigenvalue weighted by molar-refractivity contribution is 9.10. The van der Waals surface area contributed by atoms with Gasteiger partial charge < -0.3 is 10.1 Å². The third kappa shape index (κ3) is 3.24. The molecule has 5 heteroatoms. The van der Waals surface area contributed by atoms with E-state index in [-0.39, 0.29) is 5.97 Å². The minimum Gasteiger partial charge on any atom is -0.467 e. The number of ether oxygens (including phenoxy) is 1. The number of carbonyl (C=O) groups excluding carboxylic acids is 1. The minimum absolute atomic E-state index is 0.349. The van der Waals surface area contributed by atoms with Gasteiger partial charge in [-0.05, 0) is 25.1 Å². The molecule has 1 aromatic carbocycles. The van der Waals surface area contributed by atoms with E-state index < -0.39 is 6.04 Å². The number of nitrogens with zero attached hydrogens (tertiary/aromatic N) is 1. The zero-order chi connectivity index (χ0) is 12.1. The van der Waals surface area contributed by atoms with Crippen molar-refractivity contribution in [2.45, 2.75) is 13.0 Å². The summed E-state index contributed by atoms with van der Waals surface area (Å²) in [5.41, 5.74) is 1.22. The Morgan fingerprint density at radius 3 is 2.81 bits per heavy atom. The van der Waals surface area contributed by atoms with Gasteiger partial charge in [-0.2, -0.15) is 5.26 Å². The van der Waals surface area contributed by atoms with Gasteiger partial charge in [0.1, 0.15) is 6.04 Å². The highest BCUT2D eigenvalue weighted by Gasteiger charge is 2.12. The number of hydrogen-bond donors (Lipinski definition) is 1. The van der Waals surface area contributed by atoms with Crippen molar-refractivity contribution in [3.63, 3.8) is 0 Å². The molecule has 0 saturated heterocycles. The van der Waals surface area contributed by atoms with Crippen molar-refractivity contribution >= 4 is 27.6 Å². The maximum absolute atomic E-state index is 11.2. The van der Waals surface area contributed by atoms with E-state index in [1.165, 1.54) is 7.11 Å². The summed E-state index contributed by atoms with van der Waals surface area (Å²) in [6.07, 6.45) is 0. The van der Waals surface area contributed by atoms with Crippen LogP contribution in [0.2, 0.25) is 0 Å². The van der Waals surface area contributed by atoms with Gasteiger partial charge in [0.25, 0.3) is 0 Å². The molecule has 0 radical (unpaired) electrons. The van der Waals surface area contributed by atoms with Crippen molar-refractivity contribution in [2.24, 2.45) is 0 Å². The first-order valence-corrected chi connectivity index (χ1v) is 5.41. The van der Waals surface area contributed by atoms with Crippen molar-refractivity contribution < 1.29 is 9.53 Å². The molecule has 1 rings (SSSR count). The fourth-order valence-corrected chi connectivity index (χ4v) is 1.72. The van der Waals surface area contributed by atoms with Crippen LogP contribution in [0.25, 0.3) is 0 Å². The molecule has 1 N–H and O–H groups in total. The van der Waals surface area contributed by atoms with Crippen LogP contribution >= 0.6 is 15.9 Å². The van der Waals surface area contributed by atoms with E-state index in [0.717, 1.165) is 4.47 Å². The van der Waals surface area contributed by atoms with Crippen molar-refractivity contribution in [3.8, 4) is 6.07 Å². The largest absolute Gasteiger partial charge is 0.467 e. The van der Waals surface area contributed by atoms with Crippen molar-refractivity contribution in [2.75, 3.05) is 12.4 Å². The molecule has 0 saturated carbocycles. The predicted octanol–water partition coefficient (Wildman–Crippen LogP) is 2.29. The van der Waals surface area contributed by atoms with Crippen LogP contribution in [0.3, 0.4) is 0 Å². The topological polar surface area (TPSA) is 62.1 Å². The molecule has 0 aliphatic rings. The lowest BCUT2D eigenvalue weighted by molar-refractivity contribution is -0.141. The summed E-state index contributed by atoms with van der Waals surface area (Å²) in [5.74, 6) is -0.349. The van der Waals surface area contributed by atoms with Crippen LogP contribution in [0.15, 0.2) is 22.7 Å². The van der Waals surface area contributed by atoms with Crippen LogP contribution < -0.4 is 5.32 Å². The zero-order valence-corrected chi connectivity index (χ0v) is 10.5. The second kappa shape index (κ2) is 5.52. The zero-order valence-electron chi connectivity index (χ0n) is 8.95. The van der Waals surface area contributed by atoms with Gasteiger partial charge in [0.2, 0.25) is 0 Å². The van der Waals surface area contributed by atoms with Crippen molar-refractivity contribution in [1.29, 1.82) is 5.26 Å². The number of nitriles is 1. The molecule has 16 heavy (non-hydrogen) atoms. The first-order valence-electron chi connectivity index (χ1n) is 4.62. The van der Waals surface area contributed by atoms with Gasteiger partial charge >= 0.3 is 5.97 Å². The van der Waals surface area contributed by atoms with Crippen molar-refractivity contribution in [3.05, 3.63) is 28.2 Å². The summed E-state index contributed by atoms with van der Waals surface area (Å²) >= 11 is 3.29. The molecule has 0 aromatic heterocycles. The van der Waals surface area contributed by atoms with E-state index in [0.29, 0.717) is 11.3 Å². The molecule has 0 aliphatic heterocycles. The van der Waals surface area contributed by atoms with Gasteiger partial charge in [0.15, 0.2) is 0 Å². The Balaban J connectivity index is 2.86. The second-order valence-electron chi connectivity index (χ2n) is 3.23. The third-order valence-electron chi connectivity index (χ3n) is 1.96. The second-order valence-corrected chi connectivity index (χ2v) is 4.15. The summed E-state index contributed by atoms with van der Waals surface area (Å²) < 4.78 is 5.38. The smallest absolute Gasteiger partial charge is 0.327 e. The lowest BCUT2D eigenvalue weighted by atomic mass is 10.2. The molecule has 1 unspecified atom stereocenters. The number of benzene rings is 1. The predicted molar refractivity (Wildman–Crippen MR) is 64.0 cm³/mol. The highest BCUT2D eigenvalue weighted by atomic mass is 79.9. The molecule has 4 nitrogen and oxygen atoms in total. The molecule has 84 valence electrons. The number of methoxy groups -OCH3 is 1. The fourth-order valence-electron chi connectivity index (χ4n) is 1.22. The van der Waals surface area contributed by atoms with E-state index in [2.05, 4.69) is 26.0 Å². The molecular weight excluding hydrogens is 272 g/mol. The van der Waals surface area contributed by atoms with Crippen LogP contribution in [0, 0.1) is 11.3 Å². The van der Waals surface area contributed by atoms with Crippen LogP contribution in [0.5, 0.6) is 0 Å². The Labute approximate surface area is 102 Å². The third-order valence-corrected chi connectivity index (χ3v) is 2.42. The molecule has 0 bridgehead atoms. The molecule has 0 aliphatic carbocycles. The first-order chi connectivity index (χ1) is 7.56. The number of nitrogens with one attached hydrogen (secondary N) is 1. The van der Waals surface area contributed by atoms with Crippen LogP contribution in [0.1, 0.15) is 12.5 Å². The van der Waals surface area contributed by atoms with Gasteiger partial charge in [-0.1, -0.05) is 15.9 Å². The molecule has 0 fully saturated rings. The highest BCUT2D eigenvalue weighted by Crippen LogP contribution is 2.19. The SMILES string of the molecule is COC(=O)C(C)Nc1cc(Br)cc(C#N)c1. The minimum atomic E-state index is -0.453. The quantitative estimate of drug-likeness (QED) is 0.864. The molecular formula is C11H11BrN2O2. The molecule has 1 atom stereocenters. The Hall–Kier alpha value is -1.54. The summed E-state index contributed by atoms with van der Waals surface area (Å²) in [7, 11) is 1.34. The van der Waals surface area contributed by atoms with Gasteiger partial charge in [-0.3, -0.25) is 0 Å². The molecule has 1 aromatic rings. The number of hydrogen-bond acceptors (Lipinski definition) is 4. The Kier molecular flexibility index (Phi) is 4.32. The van der Waals surface area contributed by atoms with Crippen molar-refractivity contribution in [1.82, 2.24) is 0 Å². The van der Waals surface area contributed by atoms with E-state index >= 15 is 0 Å². The number of rotatable bonds is 3. The van der Waals surface area contributed by atoms with Crippen LogP contribution in [-0.4, -0.2) is 19.1 Å². The summed E-state index contributed by atoms with van der Waals surface area (Å²) in [6, 6.07) is 6.75. The number of esters is 1. The average molecular weight is 283 g/mol. The molecule has 0 heterocycles. The van der Waals surface area contributed by atoms with Gasteiger partial charge in [-0.15, -0.1) is 0 Å². The Morgan fingerprint density at radius 1 is 1.56 bits per heavy atom. The first kappa shape index (κ1) is 12.5. The fraction of sp³-hybridized carbons (Fsp3) is 0.273. The monoisotopic (exact) mass is 282 g/mol. The van der Waals surface area contributed by atoms with Gasteiger partial charge in [0, 0.05) is 10.2 Å². The standard InChI is InChI=1S/C11H11BrN2O2/c1-7(11(15)16-2)14-10-4-8(6-13)3-9(12)5-10/h3-5,7,14H,1-2H3. The van der Waals surface area contributed by atoms with E-state index in [4.69, 9.17) is 5.26 Å². The van der Waals surface area contributed by atoms with E-state index in [9.17, 15) is 4.79 Å².